The summed E-state index contributed by atoms with van der Waals surface area (Å²) in [5, 5.41) is 0. The quantitative estimate of drug-likeness (QED) is 0.584. The van der Waals surface area contributed by atoms with Crippen LogP contribution in [0.3, 0.4) is 0 Å². The molecule has 0 aliphatic heterocycles. The molecule has 3 aliphatic rings. The lowest BCUT2D eigenvalue weighted by Gasteiger charge is -2.37. The standard InChI is InChI=1S/C15H28N2/c1-9-6-10(2)8-11(7-9)15(17-16)14-12-4-3-5-13(12)14/h9-15,17H,3-8,16H2,1-2H3. The van der Waals surface area contributed by atoms with E-state index in [-0.39, 0.29) is 0 Å². The molecular formula is C15H28N2. The number of fused-ring (bicyclic) bond motifs is 1. The highest BCUT2D eigenvalue weighted by Crippen LogP contribution is 2.60. The number of hydrazine groups is 1. The molecule has 3 N–H and O–H groups in total. The third-order valence-corrected chi connectivity index (χ3v) is 5.80. The molecule has 98 valence electrons. The fourth-order valence-corrected chi connectivity index (χ4v) is 5.27. The van der Waals surface area contributed by atoms with E-state index in [2.05, 4.69) is 19.3 Å². The number of hydrogen-bond acceptors (Lipinski definition) is 2. The molecule has 0 heterocycles. The van der Waals surface area contributed by atoms with Gasteiger partial charge in [-0.25, -0.2) is 0 Å². The third kappa shape index (κ3) is 2.15. The summed E-state index contributed by atoms with van der Waals surface area (Å²) in [6.07, 6.45) is 8.65. The molecule has 3 saturated carbocycles. The topological polar surface area (TPSA) is 38.0 Å². The van der Waals surface area contributed by atoms with Crippen molar-refractivity contribution >= 4 is 0 Å². The first-order chi connectivity index (χ1) is 8.20. The van der Waals surface area contributed by atoms with Gasteiger partial charge >= 0.3 is 0 Å². The molecule has 3 rings (SSSR count). The van der Waals surface area contributed by atoms with Gasteiger partial charge in [0.25, 0.3) is 0 Å². The summed E-state index contributed by atoms with van der Waals surface area (Å²) in [6.45, 7) is 4.84. The molecule has 0 aromatic heterocycles. The van der Waals surface area contributed by atoms with E-state index in [1.807, 2.05) is 0 Å². The van der Waals surface area contributed by atoms with E-state index in [1.54, 1.807) is 0 Å². The molecule has 0 spiro atoms. The Bertz CT molecular complexity index is 258. The Hall–Kier alpha value is -0.0800. The highest BCUT2D eigenvalue weighted by atomic mass is 15.2. The van der Waals surface area contributed by atoms with Crippen LogP contribution in [0.25, 0.3) is 0 Å². The fraction of sp³-hybridized carbons (Fsp3) is 1.00. The summed E-state index contributed by atoms with van der Waals surface area (Å²) in [7, 11) is 0. The van der Waals surface area contributed by atoms with Crippen molar-refractivity contribution in [3.63, 3.8) is 0 Å². The minimum absolute atomic E-state index is 0.621. The Morgan fingerprint density at radius 2 is 1.59 bits per heavy atom. The van der Waals surface area contributed by atoms with Gasteiger partial charge in [0.1, 0.15) is 0 Å². The van der Waals surface area contributed by atoms with Gasteiger partial charge in [-0.05, 0) is 67.6 Å². The van der Waals surface area contributed by atoms with Crippen molar-refractivity contribution in [2.24, 2.45) is 41.4 Å². The lowest BCUT2D eigenvalue weighted by Crippen LogP contribution is -2.45. The van der Waals surface area contributed by atoms with Crippen LogP contribution in [0.2, 0.25) is 0 Å². The van der Waals surface area contributed by atoms with Crippen molar-refractivity contribution in [1.82, 2.24) is 5.43 Å². The molecule has 2 heteroatoms. The summed E-state index contributed by atoms with van der Waals surface area (Å²) >= 11 is 0. The summed E-state index contributed by atoms with van der Waals surface area (Å²) < 4.78 is 0. The minimum atomic E-state index is 0.621. The molecule has 5 unspecified atom stereocenters. The van der Waals surface area contributed by atoms with Gasteiger partial charge in [-0.1, -0.05) is 20.3 Å². The lowest BCUT2D eigenvalue weighted by atomic mass is 9.72. The van der Waals surface area contributed by atoms with Crippen molar-refractivity contribution in [2.45, 2.75) is 58.4 Å². The highest BCUT2D eigenvalue weighted by molar-refractivity contribution is 5.07. The van der Waals surface area contributed by atoms with Crippen LogP contribution < -0.4 is 11.3 Å². The van der Waals surface area contributed by atoms with Gasteiger partial charge in [-0.3, -0.25) is 11.3 Å². The summed E-state index contributed by atoms with van der Waals surface area (Å²) in [5.74, 6) is 11.5. The van der Waals surface area contributed by atoms with E-state index in [4.69, 9.17) is 5.84 Å². The van der Waals surface area contributed by atoms with Crippen LogP contribution in [0.15, 0.2) is 0 Å². The van der Waals surface area contributed by atoms with Crippen LogP contribution in [-0.2, 0) is 0 Å². The Morgan fingerprint density at radius 3 is 2.12 bits per heavy atom. The van der Waals surface area contributed by atoms with Crippen molar-refractivity contribution in [1.29, 1.82) is 0 Å². The average molecular weight is 236 g/mol. The first-order valence-electron chi connectivity index (χ1n) is 7.66. The van der Waals surface area contributed by atoms with Crippen molar-refractivity contribution in [2.75, 3.05) is 0 Å². The van der Waals surface area contributed by atoms with Gasteiger partial charge in [0.05, 0.1) is 0 Å². The molecule has 3 fully saturated rings. The Labute approximate surface area is 106 Å². The first-order valence-corrected chi connectivity index (χ1v) is 7.66. The van der Waals surface area contributed by atoms with Crippen molar-refractivity contribution in [3.05, 3.63) is 0 Å². The molecule has 0 radical (unpaired) electrons. The second kappa shape index (κ2) is 4.55. The number of hydrogen-bond donors (Lipinski definition) is 2. The largest absolute Gasteiger partial charge is 0.271 e. The first kappa shape index (κ1) is 12.0. The Morgan fingerprint density at radius 1 is 1.00 bits per heavy atom. The van der Waals surface area contributed by atoms with Crippen LogP contribution in [0.5, 0.6) is 0 Å². The maximum absolute atomic E-state index is 5.89. The molecule has 2 nitrogen and oxygen atoms in total. The molecule has 0 bridgehead atoms. The van der Waals surface area contributed by atoms with E-state index < -0.39 is 0 Å². The van der Waals surface area contributed by atoms with E-state index in [1.165, 1.54) is 38.5 Å². The van der Waals surface area contributed by atoms with E-state index in [0.717, 1.165) is 35.5 Å². The van der Waals surface area contributed by atoms with Crippen LogP contribution >= 0.6 is 0 Å². The Balaban J connectivity index is 1.64. The van der Waals surface area contributed by atoms with E-state index >= 15 is 0 Å². The zero-order valence-electron chi connectivity index (χ0n) is 11.4. The predicted molar refractivity (Wildman–Crippen MR) is 71.1 cm³/mol. The SMILES string of the molecule is CC1CC(C)CC(C(NN)C2C3CCCC32)C1. The molecule has 0 aromatic rings. The summed E-state index contributed by atoms with van der Waals surface area (Å²) in [6, 6.07) is 0.621. The number of nitrogens with one attached hydrogen (secondary N) is 1. The zero-order chi connectivity index (χ0) is 12.0. The summed E-state index contributed by atoms with van der Waals surface area (Å²) in [5.41, 5.74) is 3.20. The van der Waals surface area contributed by atoms with Crippen molar-refractivity contribution < 1.29 is 0 Å². The number of rotatable bonds is 3. The Kier molecular flexibility index (Phi) is 3.20. The van der Waals surface area contributed by atoms with E-state index in [0.29, 0.717) is 6.04 Å². The molecule has 3 aliphatic carbocycles. The van der Waals surface area contributed by atoms with Gasteiger partial charge in [-0.2, -0.15) is 0 Å². The van der Waals surface area contributed by atoms with Gasteiger partial charge in [0.15, 0.2) is 0 Å². The second-order valence-electron chi connectivity index (χ2n) is 7.21. The van der Waals surface area contributed by atoms with Crippen LogP contribution in [0, 0.1) is 35.5 Å². The van der Waals surface area contributed by atoms with Gasteiger partial charge in [-0.15, -0.1) is 0 Å². The molecular weight excluding hydrogens is 208 g/mol. The van der Waals surface area contributed by atoms with Crippen LogP contribution in [0.1, 0.15) is 52.4 Å². The maximum atomic E-state index is 5.89. The molecule has 0 aromatic carbocycles. The van der Waals surface area contributed by atoms with Gasteiger partial charge in [0, 0.05) is 6.04 Å². The maximum Gasteiger partial charge on any atom is 0.0272 e. The fourth-order valence-electron chi connectivity index (χ4n) is 5.27. The molecule has 0 saturated heterocycles. The van der Waals surface area contributed by atoms with Crippen LogP contribution in [0.4, 0.5) is 0 Å². The molecule has 0 amide bonds. The monoisotopic (exact) mass is 236 g/mol. The normalized spacial score (nSPS) is 51.0. The van der Waals surface area contributed by atoms with Gasteiger partial charge in [0.2, 0.25) is 0 Å². The molecule has 5 atom stereocenters. The minimum Gasteiger partial charge on any atom is -0.271 e. The molecule has 17 heavy (non-hydrogen) atoms. The number of nitrogens with two attached hydrogens (primary N) is 1. The lowest BCUT2D eigenvalue weighted by molar-refractivity contribution is 0.157. The smallest absolute Gasteiger partial charge is 0.0272 e. The summed E-state index contributed by atoms with van der Waals surface area (Å²) in [4.78, 5) is 0. The highest BCUT2D eigenvalue weighted by Gasteiger charge is 2.57. The predicted octanol–water partition coefficient (Wildman–Crippen LogP) is 2.94. The van der Waals surface area contributed by atoms with Crippen molar-refractivity contribution in [3.8, 4) is 0 Å². The van der Waals surface area contributed by atoms with E-state index in [9.17, 15) is 0 Å². The average Bonchev–Trinajstić information content (AvgIpc) is 2.73. The van der Waals surface area contributed by atoms with Crippen LogP contribution in [-0.4, -0.2) is 6.04 Å². The second-order valence-corrected chi connectivity index (χ2v) is 7.21. The third-order valence-electron chi connectivity index (χ3n) is 5.80. The zero-order valence-corrected chi connectivity index (χ0v) is 11.4. The van der Waals surface area contributed by atoms with Gasteiger partial charge < -0.3 is 0 Å².